The zero-order valence-electron chi connectivity index (χ0n) is 14.4. The number of carbonyl (C=O) groups is 1. The molecule has 140 valence electrons. The van der Waals surface area contributed by atoms with Crippen LogP contribution in [0.25, 0.3) is 16.7 Å². The van der Waals surface area contributed by atoms with E-state index in [1.54, 1.807) is 36.5 Å². The molecule has 0 bridgehead atoms. The van der Waals surface area contributed by atoms with Gasteiger partial charge in [-0.3, -0.25) is 4.90 Å². The molecule has 0 spiro atoms. The van der Waals surface area contributed by atoms with Crippen molar-refractivity contribution in [3.05, 3.63) is 48.8 Å². The fourth-order valence-corrected chi connectivity index (χ4v) is 3.65. The maximum absolute atomic E-state index is 11.7. The SMILES string of the molecule is CS(=O)(=O)c1ccc2c(ccn2-c2ccc(OC3CCN3C(=O)O)cn2)c1. The van der Waals surface area contributed by atoms with E-state index in [0.29, 0.717) is 24.5 Å². The number of amides is 1. The second kappa shape index (κ2) is 6.27. The predicted octanol–water partition coefficient (Wildman–Crippen LogP) is 2.52. The molecule has 1 saturated heterocycles. The molecule has 9 heteroatoms. The number of pyridine rings is 1. The van der Waals surface area contributed by atoms with E-state index in [9.17, 15) is 13.2 Å². The van der Waals surface area contributed by atoms with Gasteiger partial charge in [0.2, 0.25) is 0 Å². The molecular weight excluding hydrogens is 370 g/mol. The average molecular weight is 387 g/mol. The summed E-state index contributed by atoms with van der Waals surface area (Å²) < 4.78 is 30.9. The Morgan fingerprint density at radius 3 is 2.67 bits per heavy atom. The summed E-state index contributed by atoms with van der Waals surface area (Å²) in [7, 11) is -3.26. The van der Waals surface area contributed by atoms with E-state index in [-0.39, 0.29) is 4.90 Å². The fraction of sp³-hybridized carbons (Fsp3) is 0.222. The second-order valence-corrected chi connectivity index (χ2v) is 8.38. The molecule has 1 N–H and O–H groups in total. The second-order valence-electron chi connectivity index (χ2n) is 6.37. The number of ether oxygens (including phenoxy) is 1. The van der Waals surface area contributed by atoms with Gasteiger partial charge in [0.05, 0.1) is 16.6 Å². The summed E-state index contributed by atoms with van der Waals surface area (Å²) in [5.74, 6) is 1.14. The Morgan fingerprint density at radius 1 is 1.26 bits per heavy atom. The molecule has 1 atom stereocenters. The van der Waals surface area contributed by atoms with Crippen LogP contribution in [0.4, 0.5) is 4.79 Å². The van der Waals surface area contributed by atoms with Gasteiger partial charge in [0, 0.05) is 30.8 Å². The van der Waals surface area contributed by atoms with Crippen LogP contribution in [0.1, 0.15) is 6.42 Å². The minimum Gasteiger partial charge on any atom is -0.469 e. The molecule has 1 amide bonds. The van der Waals surface area contributed by atoms with Crippen molar-refractivity contribution < 1.29 is 23.1 Å². The number of hydrogen-bond acceptors (Lipinski definition) is 5. The van der Waals surface area contributed by atoms with Crippen molar-refractivity contribution in [2.75, 3.05) is 12.8 Å². The van der Waals surface area contributed by atoms with Gasteiger partial charge < -0.3 is 14.4 Å². The van der Waals surface area contributed by atoms with Crippen LogP contribution < -0.4 is 4.74 Å². The first-order valence-electron chi connectivity index (χ1n) is 8.27. The van der Waals surface area contributed by atoms with Crippen molar-refractivity contribution in [3.63, 3.8) is 0 Å². The molecule has 1 fully saturated rings. The van der Waals surface area contributed by atoms with Crippen molar-refractivity contribution >= 4 is 26.8 Å². The number of likely N-dealkylation sites (tertiary alicyclic amines) is 1. The molecule has 2 aromatic heterocycles. The third-order valence-corrected chi connectivity index (χ3v) is 5.65. The van der Waals surface area contributed by atoms with Crippen LogP contribution in [0.5, 0.6) is 5.75 Å². The lowest BCUT2D eigenvalue weighted by Crippen LogP contribution is -2.53. The normalized spacial score (nSPS) is 16.9. The summed E-state index contributed by atoms with van der Waals surface area (Å²) in [4.78, 5) is 16.9. The fourth-order valence-electron chi connectivity index (χ4n) is 3.00. The lowest BCUT2D eigenvalue weighted by Gasteiger charge is -2.38. The van der Waals surface area contributed by atoms with Gasteiger partial charge in [0.1, 0.15) is 11.6 Å². The quantitative estimate of drug-likeness (QED) is 0.738. The summed E-state index contributed by atoms with van der Waals surface area (Å²) in [5.41, 5.74) is 0.833. The summed E-state index contributed by atoms with van der Waals surface area (Å²) in [5, 5.41) is 9.81. The molecule has 8 nitrogen and oxygen atoms in total. The maximum Gasteiger partial charge on any atom is 0.410 e. The highest BCUT2D eigenvalue weighted by molar-refractivity contribution is 7.90. The molecule has 1 aliphatic rings. The highest BCUT2D eigenvalue weighted by atomic mass is 32.2. The molecule has 1 aliphatic heterocycles. The number of benzene rings is 1. The third-order valence-electron chi connectivity index (χ3n) is 4.54. The van der Waals surface area contributed by atoms with E-state index in [0.717, 1.165) is 10.9 Å². The van der Waals surface area contributed by atoms with Crippen molar-refractivity contribution in [3.8, 4) is 11.6 Å². The smallest absolute Gasteiger partial charge is 0.410 e. The van der Waals surface area contributed by atoms with Crippen LogP contribution in [-0.4, -0.2) is 53.1 Å². The number of fused-ring (bicyclic) bond motifs is 1. The molecule has 27 heavy (non-hydrogen) atoms. The van der Waals surface area contributed by atoms with E-state index in [1.807, 2.05) is 16.8 Å². The number of aromatic nitrogens is 2. The summed E-state index contributed by atoms with van der Waals surface area (Å²) in [6, 6.07) is 10.3. The molecule has 0 saturated carbocycles. The molecule has 1 aromatic carbocycles. The Bertz CT molecular complexity index is 1120. The van der Waals surface area contributed by atoms with Gasteiger partial charge in [-0.05, 0) is 36.4 Å². The Labute approximate surface area is 155 Å². The number of carboxylic acid groups (broad SMARTS) is 1. The molecule has 0 aliphatic carbocycles. The number of hydrogen-bond donors (Lipinski definition) is 1. The summed E-state index contributed by atoms with van der Waals surface area (Å²) >= 11 is 0. The van der Waals surface area contributed by atoms with Crippen LogP contribution in [-0.2, 0) is 9.84 Å². The number of sulfone groups is 1. The highest BCUT2D eigenvalue weighted by Gasteiger charge is 2.33. The van der Waals surface area contributed by atoms with Gasteiger partial charge in [0.15, 0.2) is 16.1 Å². The minimum absolute atomic E-state index is 0.271. The zero-order valence-corrected chi connectivity index (χ0v) is 15.3. The van der Waals surface area contributed by atoms with Crippen LogP contribution in [0.3, 0.4) is 0 Å². The third kappa shape index (κ3) is 3.21. The summed E-state index contributed by atoms with van der Waals surface area (Å²) in [6.07, 6.45) is 3.72. The van der Waals surface area contributed by atoms with Crippen LogP contribution in [0, 0.1) is 0 Å². The Hall–Kier alpha value is -3.07. The van der Waals surface area contributed by atoms with Gasteiger partial charge in [0.25, 0.3) is 0 Å². The minimum atomic E-state index is -3.26. The van der Waals surface area contributed by atoms with Gasteiger partial charge in [-0.25, -0.2) is 18.2 Å². The highest BCUT2D eigenvalue weighted by Crippen LogP contribution is 2.25. The van der Waals surface area contributed by atoms with Crippen molar-refractivity contribution in [1.29, 1.82) is 0 Å². The standard InChI is InChI=1S/C18H17N3O5S/c1-27(24,25)14-3-4-15-12(10-14)6-8-20(15)16-5-2-13(11-19-16)26-17-7-9-21(17)18(22)23/h2-6,8,10-11,17H,7,9H2,1H3,(H,22,23). The van der Waals surface area contributed by atoms with Gasteiger partial charge in [-0.2, -0.15) is 0 Å². The maximum atomic E-state index is 11.7. The molecular formula is C18H17N3O5S. The topological polar surface area (TPSA) is 102 Å². The average Bonchev–Trinajstić information content (AvgIpc) is 3.01. The van der Waals surface area contributed by atoms with E-state index >= 15 is 0 Å². The van der Waals surface area contributed by atoms with Crippen LogP contribution in [0.2, 0.25) is 0 Å². The molecule has 1 unspecified atom stereocenters. The predicted molar refractivity (Wildman–Crippen MR) is 97.9 cm³/mol. The molecule has 3 aromatic rings. The van der Waals surface area contributed by atoms with Crippen LogP contribution in [0.15, 0.2) is 53.7 Å². The van der Waals surface area contributed by atoms with Crippen molar-refractivity contribution in [2.45, 2.75) is 17.5 Å². The van der Waals surface area contributed by atoms with Gasteiger partial charge >= 0.3 is 6.09 Å². The van der Waals surface area contributed by atoms with E-state index in [2.05, 4.69) is 4.98 Å². The largest absolute Gasteiger partial charge is 0.469 e. The first-order valence-corrected chi connectivity index (χ1v) is 10.2. The number of rotatable bonds is 4. The first kappa shape index (κ1) is 17.3. The Morgan fingerprint density at radius 2 is 2.07 bits per heavy atom. The monoisotopic (exact) mass is 387 g/mol. The molecule has 3 heterocycles. The lowest BCUT2D eigenvalue weighted by atomic mass is 10.2. The van der Waals surface area contributed by atoms with Crippen molar-refractivity contribution in [1.82, 2.24) is 14.5 Å². The summed E-state index contributed by atoms with van der Waals surface area (Å²) in [6.45, 7) is 0.469. The molecule has 0 radical (unpaired) electrons. The van der Waals surface area contributed by atoms with Gasteiger partial charge in [-0.1, -0.05) is 0 Å². The zero-order chi connectivity index (χ0) is 19.2. The van der Waals surface area contributed by atoms with E-state index in [1.165, 1.54) is 11.2 Å². The van der Waals surface area contributed by atoms with Gasteiger partial charge in [-0.15, -0.1) is 0 Å². The molecule has 4 rings (SSSR count). The lowest BCUT2D eigenvalue weighted by molar-refractivity contribution is -0.0374. The van der Waals surface area contributed by atoms with E-state index in [4.69, 9.17) is 9.84 Å². The Balaban J connectivity index is 1.58. The van der Waals surface area contributed by atoms with Crippen molar-refractivity contribution in [2.24, 2.45) is 0 Å². The first-order chi connectivity index (χ1) is 12.8. The number of nitrogens with zero attached hydrogens (tertiary/aromatic N) is 3. The Kier molecular flexibility index (Phi) is 4.03. The van der Waals surface area contributed by atoms with E-state index < -0.39 is 22.2 Å². The van der Waals surface area contributed by atoms with Crippen LogP contribution >= 0.6 is 0 Å².